The highest BCUT2D eigenvalue weighted by Gasteiger charge is 2.24. The molecule has 2 atom stereocenters. The SMILES string of the molecule is C#CCN1CCC(NC2CCCC(C)C2)CC1. The van der Waals surface area contributed by atoms with Crippen LogP contribution >= 0.6 is 0 Å². The van der Waals surface area contributed by atoms with E-state index in [1.165, 1.54) is 51.6 Å². The fourth-order valence-electron chi connectivity index (χ4n) is 3.31. The first-order valence-electron chi connectivity index (χ1n) is 7.20. The van der Waals surface area contributed by atoms with Gasteiger partial charge in [0.05, 0.1) is 6.54 Å². The Bertz CT molecular complexity index is 261. The Balaban J connectivity index is 1.69. The second-order valence-electron chi connectivity index (χ2n) is 5.89. The number of terminal acetylenes is 1. The van der Waals surface area contributed by atoms with Crippen molar-refractivity contribution < 1.29 is 0 Å². The molecule has 2 heteroatoms. The van der Waals surface area contributed by atoms with Crippen LogP contribution in [-0.2, 0) is 0 Å². The second kappa shape index (κ2) is 6.42. The topological polar surface area (TPSA) is 15.3 Å². The minimum absolute atomic E-state index is 0.735. The summed E-state index contributed by atoms with van der Waals surface area (Å²) >= 11 is 0. The monoisotopic (exact) mass is 234 g/mol. The van der Waals surface area contributed by atoms with E-state index in [1.54, 1.807) is 0 Å². The highest BCUT2D eigenvalue weighted by atomic mass is 15.1. The molecule has 96 valence electrons. The van der Waals surface area contributed by atoms with Gasteiger partial charge in [-0.15, -0.1) is 6.42 Å². The smallest absolute Gasteiger partial charge is 0.0598 e. The zero-order valence-corrected chi connectivity index (χ0v) is 11.1. The summed E-state index contributed by atoms with van der Waals surface area (Å²) in [5.41, 5.74) is 0. The lowest BCUT2D eigenvalue weighted by Crippen LogP contribution is -2.47. The fraction of sp³-hybridized carbons (Fsp3) is 0.867. The normalized spacial score (nSPS) is 32.2. The molecular formula is C15H26N2. The van der Waals surface area contributed by atoms with Gasteiger partial charge in [-0.3, -0.25) is 4.90 Å². The van der Waals surface area contributed by atoms with E-state index < -0.39 is 0 Å². The predicted octanol–water partition coefficient (Wildman–Crippen LogP) is 2.25. The van der Waals surface area contributed by atoms with Crippen LogP contribution in [0.25, 0.3) is 0 Å². The molecule has 1 saturated carbocycles. The van der Waals surface area contributed by atoms with Crippen LogP contribution in [0.3, 0.4) is 0 Å². The van der Waals surface area contributed by atoms with Gasteiger partial charge >= 0.3 is 0 Å². The maximum Gasteiger partial charge on any atom is 0.0598 e. The Hall–Kier alpha value is -0.520. The molecule has 0 bridgehead atoms. The minimum atomic E-state index is 0.735. The molecule has 1 aliphatic heterocycles. The molecule has 1 saturated heterocycles. The molecule has 2 unspecified atom stereocenters. The number of piperidine rings is 1. The Kier molecular flexibility index (Phi) is 4.88. The lowest BCUT2D eigenvalue weighted by Gasteiger charge is -2.36. The largest absolute Gasteiger partial charge is 0.311 e. The number of nitrogens with one attached hydrogen (secondary N) is 1. The molecular weight excluding hydrogens is 208 g/mol. The number of hydrogen-bond donors (Lipinski definition) is 1. The van der Waals surface area contributed by atoms with Crippen LogP contribution in [0.5, 0.6) is 0 Å². The summed E-state index contributed by atoms with van der Waals surface area (Å²) in [7, 11) is 0. The van der Waals surface area contributed by atoms with Crippen molar-refractivity contribution in [2.24, 2.45) is 5.92 Å². The summed E-state index contributed by atoms with van der Waals surface area (Å²) in [6, 6.07) is 1.52. The van der Waals surface area contributed by atoms with Crippen LogP contribution < -0.4 is 5.32 Å². The molecule has 2 rings (SSSR count). The molecule has 1 heterocycles. The van der Waals surface area contributed by atoms with Gasteiger partial charge in [-0.1, -0.05) is 25.7 Å². The van der Waals surface area contributed by atoms with Gasteiger partial charge in [-0.05, 0) is 31.6 Å². The highest BCUT2D eigenvalue weighted by Crippen LogP contribution is 2.24. The predicted molar refractivity (Wildman–Crippen MR) is 72.9 cm³/mol. The molecule has 1 N–H and O–H groups in total. The van der Waals surface area contributed by atoms with Gasteiger partial charge in [0.25, 0.3) is 0 Å². The third kappa shape index (κ3) is 4.01. The van der Waals surface area contributed by atoms with Crippen molar-refractivity contribution in [3.05, 3.63) is 0 Å². The van der Waals surface area contributed by atoms with Crippen LogP contribution in [0, 0.1) is 18.3 Å². The van der Waals surface area contributed by atoms with Gasteiger partial charge in [-0.25, -0.2) is 0 Å². The van der Waals surface area contributed by atoms with E-state index in [4.69, 9.17) is 6.42 Å². The Morgan fingerprint density at radius 2 is 1.94 bits per heavy atom. The van der Waals surface area contributed by atoms with E-state index >= 15 is 0 Å². The zero-order valence-electron chi connectivity index (χ0n) is 11.1. The van der Waals surface area contributed by atoms with Crippen LogP contribution in [0.15, 0.2) is 0 Å². The Labute approximate surface area is 106 Å². The van der Waals surface area contributed by atoms with Gasteiger partial charge < -0.3 is 5.32 Å². The first-order chi connectivity index (χ1) is 8.28. The van der Waals surface area contributed by atoms with Crippen molar-refractivity contribution in [2.75, 3.05) is 19.6 Å². The Morgan fingerprint density at radius 1 is 1.18 bits per heavy atom. The van der Waals surface area contributed by atoms with Crippen molar-refractivity contribution in [3.63, 3.8) is 0 Å². The van der Waals surface area contributed by atoms with Gasteiger partial charge in [0.2, 0.25) is 0 Å². The number of nitrogens with zero attached hydrogens (tertiary/aromatic N) is 1. The van der Waals surface area contributed by atoms with E-state index in [-0.39, 0.29) is 0 Å². The molecule has 2 aliphatic rings. The molecule has 0 radical (unpaired) electrons. The number of hydrogen-bond acceptors (Lipinski definition) is 2. The highest BCUT2D eigenvalue weighted by molar-refractivity contribution is 4.91. The van der Waals surface area contributed by atoms with Crippen molar-refractivity contribution in [1.29, 1.82) is 0 Å². The van der Waals surface area contributed by atoms with Crippen LogP contribution in [0.2, 0.25) is 0 Å². The van der Waals surface area contributed by atoms with Crippen LogP contribution in [0.4, 0.5) is 0 Å². The molecule has 2 fully saturated rings. The molecule has 0 spiro atoms. The van der Waals surface area contributed by atoms with E-state index in [2.05, 4.69) is 23.1 Å². The standard InChI is InChI=1S/C15H26N2/c1-3-9-17-10-7-14(8-11-17)16-15-6-4-5-13(2)12-15/h1,13-16H,4-12H2,2H3. The van der Waals surface area contributed by atoms with Gasteiger partial charge in [0, 0.05) is 25.2 Å². The van der Waals surface area contributed by atoms with Gasteiger partial charge in [-0.2, -0.15) is 0 Å². The third-order valence-corrected chi connectivity index (χ3v) is 4.31. The summed E-state index contributed by atoms with van der Waals surface area (Å²) in [4.78, 5) is 2.39. The fourth-order valence-corrected chi connectivity index (χ4v) is 3.31. The molecule has 1 aliphatic carbocycles. The molecule has 0 aromatic heterocycles. The van der Waals surface area contributed by atoms with E-state index in [1.807, 2.05) is 0 Å². The van der Waals surface area contributed by atoms with Crippen LogP contribution in [-0.4, -0.2) is 36.6 Å². The van der Waals surface area contributed by atoms with Crippen molar-refractivity contribution in [3.8, 4) is 12.3 Å². The Morgan fingerprint density at radius 3 is 2.59 bits per heavy atom. The maximum absolute atomic E-state index is 5.35. The van der Waals surface area contributed by atoms with Gasteiger partial charge in [0.1, 0.15) is 0 Å². The van der Waals surface area contributed by atoms with Crippen molar-refractivity contribution in [1.82, 2.24) is 10.2 Å². The first-order valence-corrected chi connectivity index (χ1v) is 7.20. The average Bonchev–Trinajstić information content (AvgIpc) is 2.32. The maximum atomic E-state index is 5.35. The molecule has 17 heavy (non-hydrogen) atoms. The van der Waals surface area contributed by atoms with Crippen molar-refractivity contribution in [2.45, 2.75) is 57.5 Å². The quantitative estimate of drug-likeness (QED) is 0.754. The van der Waals surface area contributed by atoms with Gasteiger partial charge in [0.15, 0.2) is 0 Å². The van der Waals surface area contributed by atoms with Crippen LogP contribution in [0.1, 0.15) is 45.4 Å². The summed E-state index contributed by atoms with van der Waals surface area (Å²) in [6.07, 6.45) is 13.5. The average molecular weight is 234 g/mol. The first kappa shape index (κ1) is 12.9. The second-order valence-corrected chi connectivity index (χ2v) is 5.89. The van der Waals surface area contributed by atoms with E-state index in [9.17, 15) is 0 Å². The summed E-state index contributed by atoms with van der Waals surface area (Å²) in [5, 5.41) is 3.87. The third-order valence-electron chi connectivity index (χ3n) is 4.31. The van der Waals surface area contributed by atoms with E-state index in [0.29, 0.717) is 0 Å². The molecule has 0 aromatic carbocycles. The molecule has 2 nitrogen and oxygen atoms in total. The lowest BCUT2D eigenvalue weighted by molar-refractivity contribution is 0.192. The summed E-state index contributed by atoms with van der Waals surface area (Å²) in [5.74, 6) is 3.66. The summed E-state index contributed by atoms with van der Waals surface area (Å²) in [6.45, 7) is 5.56. The number of likely N-dealkylation sites (tertiary alicyclic amines) is 1. The molecule has 0 amide bonds. The van der Waals surface area contributed by atoms with E-state index in [0.717, 1.165) is 24.5 Å². The number of rotatable bonds is 3. The lowest BCUT2D eigenvalue weighted by atomic mass is 9.86. The summed E-state index contributed by atoms with van der Waals surface area (Å²) < 4.78 is 0. The zero-order chi connectivity index (χ0) is 12.1. The molecule has 0 aromatic rings. The van der Waals surface area contributed by atoms with Crippen molar-refractivity contribution >= 4 is 0 Å². The minimum Gasteiger partial charge on any atom is -0.311 e.